The molecule has 19 heavy (non-hydrogen) atoms. The fraction of sp³-hybridized carbons (Fsp3) is 0.562. The Morgan fingerprint density at radius 3 is 2.47 bits per heavy atom. The van der Waals surface area contributed by atoms with Gasteiger partial charge in [-0.2, -0.15) is 0 Å². The van der Waals surface area contributed by atoms with Crippen LogP contribution in [0.4, 0.5) is 0 Å². The van der Waals surface area contributed by atoms with Gasteiger partial charge >= 0.3 is 5.97 Å². The van der Waals surface area contributed by atoms with E-state index in [4.69, 9.17) is 5.11 Å². The summed E-state index contributed by atoms with van der Waals surface area (Å²) in [6.07, 6.45) is 4.53. The Labute approximate surface area is 115 Å². The van der Waals surface area contributed by atoms with Crippen LogP contribution in [0.1, 0.15) is 43.6 Å². The number of carbonyl (C=O) groups is 1. The van der Waals surface area contributed by atoms with E-state index in [-0.39, 0.29) is 0 Å². The Hall–Kier alpha value is -1.35. The predicted molar refractivity (Wildman–Crippen MR) is 76.3 cm³/mol. The first-order chi connectivity index (χ1) is 9.25. The zero-order valence-corrected chi connectivity index (χ0v) is 11.4. The number of rotatable bonds is 8. The Kier molecular flexibility index (Phi) is 5.40. The van der Waals surface area contributed by atoms with Gasteiger partial charge in [-0.3, -0.25) is 4.79 Å². The summed E-state index contributed by atoms with van der Waals surface area (Å²) in [7, 11) is 0. The molecule has 104 valence electrons. The highest BCUT2D eigenvalue weighted by atomic mass is 16.4. The van der Waals surface area contributed by atoms with Crippen LogP contribution in [0.5, 0.6) is 0 Å². The molecule has 0 spiro atoms. The molecule has 0 amide bonds. The van der Waals surface area contributed by atoms with Crippen molar-refractivity contribution in [2.24, 2.45) is 0 Å². The lowest BCUT2D eigenvalue weighted by Gasteiger charge is -2.39. The van der Waals surface area contributed by atoms with Crippen molar-refractivity contribution in [3.8, 4) is 0 Å². The molecule has 1 heterocycles. The molecule has 1 fully saturated rings. The number of unbranched alkanes of at least 4 members (excludes halogenated alkanes) is 3. The van der Waals surface area contributed by atoms with Gasteiger partial charge in [-0.1, -0.05) is 43.2 Å². The molecule has 0 aliphatic carbocycles. The number of hydrogen-bond acceptors (Lipinski definition) is 2. The first kappa shape index (κ1) is 14.1. The third kappa shape index (κ3) is 4.67. The third-order valence-corrected chi connectivity index (χ3v) is 3.84. The molecule has 1 N–H and O–H groups in total. The molecule has 0 radical (unpaired) electrons. The van der Waals surface area contributed by atoms with E-state index in [2.05, 4.69) is 35.2 Å². The van der Waals surface area contributed by atoms with Gasteiger partial charge in [-0.25, -0.2) is 0 Å². The summed E-state index contributed by atoms with van der Waals surface area (Å²) in [4.78, 5) is 12.9. The van der Waals surface area contributed by atoms with Gasteiger partial charge in [0.1, 0.15) is 0 Å². The number of likely N-dealkylation sites (tertiary alicyclic amines) is 1. The van der Waals surface area contributed by atoms with Crippen LogP contribution in [0.15, 0.2) is 30.3 Å². The van der Waals surface area contributed by atoms with Crippen LogP contribution in [0.3, 0.4) is 0 Å². The topological polar surface area (TPSA) is 40.5 Å². The van der Waals surface area contributed by atoms with E-state index < -0.39 is 5.97 Å². The summed E-state index contributed by atoms with van der Waals surface area (Å²) in [5.74, 6) is 0.0432. The summed E-state index contributed by atoms with van der Waals surface area (Å²) >= 11 is 0. The second-order valence-electron chi connectivity index (χ2n) is 5.43. The van der Waals surface area contributed by atoms with E-state index in [0.717, 1.165) is 25.8 Å². The number of benzene rings is 1. The van der Waals surface area contributed by atoms with Crippen molar-refractivity contribution in [3.63, 3.8) is 0 Å². The lowest BCUT2D eigenvalue weighted by Crippen LogP contribution is -2.45. The van der Waals surface area contributed by atoms with Crippen LogP contribution < -0.4 is 0 Å². The summed E-state index contributed by atoms with van der Waals surface area (Å²) < 4.78 is 0. The molecule has 0 aromatic heterocycles. The van der Waals surface area contributed by atoms with Gasteiger partial charge < -0.3 is 10.0 Å². The van der Waals surface area contributed by atoms with Gasteiger partial charge in [-0.15, -0.1) is 0 Å². The highest BCUT2D eigenvalue weighted by Gasteiger charge is 2.26. The van der Waals surface area contributed by atoms with Crippen molar-refractivity contribution in [2.75, 3.05) is 19.6 Å². The fourth-order valence-corrected chi connectivity index (χ4v) is 2.65. The predicted octanol–water partition coefficient (Wildman–Crippen LogP) is 3.12. The molecule has 3 nitrogen and oxygen atoms in total. The van der Waals surface area contributed by atoms with Gasteiger partial charge in [0.05, 0.1) is 0 Å². The molecule has 1 saturated heterocycles. The molecule has 2 rings (SSSR count). The average Bonchev–Trinajstić information content (AvgIpc) is 2.36. The van der Waals surface area contributed by atoms with Gasteiger partial charge in [0.15, 0.2) is 0 Å². The molecule has 1 aliphatic heterocycles. The number of carboxylic acid groups (broad SMARTS) is 1. The average molecular weight is 261 g/mol. The maximum absolute atomic E-state index is 10.4. The first-order valence-electron chi connectivity index (χ1n) is 7.25. The lowest BCUT2D eigenvalue weighted by molar-refractivity contribution is -0.137. The maximum Gasteiger partial charge on any atom is 0.303 e. The molecular weight excluding hydrogens is 238 g/mol. The summed E-state index contributed by atoms with van der Waals surface area (Å²) in [6, 6.07) is 10.7. The third-order valence-electron chi connectivity index (χ3n) is 3.84. The highest BCUT2D eigenvalue weighted by Crippen LogP contribution is 2.26. The number of carboxylic acids is 1. The van der Waals surface area contributed by atoms with Crippen molar-refractivity contribution in [2.45, 2.75) is 38.0 Å². The molecule has 3 heteroatoms. The SMILES string of the molecule is O=C(O)CCCCCCN1CC(c2ccccc2)C1. The summed E-state index contributed by atoms with van der Waals surface area (Å²) in [5, 5.41) is 8.53. The van der Waals surface area contributed by atoms with Gasteiger partial charge in [0.2, 0.25) is 0 Å². The van der Waals surface area contributed by atoms with E-state index in [9.17, 15) is 4.79 Å². The molecule has 0 saturated carbocycles. The van der Waals surface area contributed by atoms with Crippen LogP contribution >= 0.6 is 0 Å². The molecule has 0 unspecified atom stereocenters. The minimum atomic E-state index is -0.673. The summed E-state index contributed by atoms with van der Waals surface area (Å²) in [6.45, 7) is 3.52. The Bertz CT molecular complexity index is 385. The van der Waals surface area contributed by atoms with Gasteiger partial charge in [0.25, 0.3) is 0 Å². The van der Waals surface area contributed by atoms with Crippen molar-refractivity contribution < 1.29 is 9.90 Å². The lowest BCUT2D eigenvalue weighted by atomic mass is 9.91. The smallest absolute Gasteiger partial charge is 0.303 e. The molecule has 1 aliphatic rings. The van der Waals surface area contributed by atoms with Crippen molar-refractivity contribution in [1.82, 2.24) is 4.90 Å². The monoisotopic (exact) mass is 261 g/mol. The number of aliphatic carboxylic acids is 1. The van der Waals surface area contributed by atoms with E-state index in [1.54, 1.807) is 0 Å². The zero-order valence-electron chi connectivity index (χ0n) is 11.4. The minimum Gasteiger partial charge on any atom is -0.481 e. The Balaban J connectivity index is 1.50. The molecular formula is C16H23NO2. The van der Waals surface area contributed by atoms with E-state index in [0.29, 0.717) is 12.3 Å². The van der Waals surface area contributed by atoms with Gasteiger partial charge in [-0.05, 0) is 24.9 Å². The molecule has 1 aromatic carbocycles. The molecule has 1 aromatic rings. The van der Waals surface area contributed by atoms with Crippen LogP contribution in [0.25, 0.3) is 0 Å². The largest absolute Gasteiger partial charge is 0.481 e. The highest BCUT2D eigenvalue weighted by molar-refractivity contribution is 5.66. The van der Waals surface area contributed by atoms with E-state index in [1.807, 2.05) is 0 Å². The van der Waals surface area contributed by atoms with Crippen LogP contribution in [-0.2, 0) is 4.79 Å². The standard InChI is InChI=1S/C16H23NO2/c18-16(19)10-6-1-2-7-11-17-12-15(13-17)14-8-4-3-5-9-14/h3-5,8-9,15H,1-2,6-7,10-13H2,(H,18,19). The Morgan fingerprint density at radius 1 is 1.11 bits per heavy atom. The number of hydrogen-bond donors (Lipinski definition) is 1. The number of nitrogens with zero attached hydrogens (tertiary/aromatic N) is 1. The zero-order chi connectivity index (χ0) is 13.5. The summed E-state index contributed by atoms with van der Waals surface area (Å²) in [5.41, 5.74) is 1.46. The van der Waals surface area contributed by atoms with Gasteiger partial charge in [0, 0.05) is 25.4 Å². The van der Waals surface area contributed by atoms with Crippen LogP contribution in [-0.4, -0.2) is 35.6 Å². The van der Waals surface area contributed by atoms with Crippen molar-refractivity contribution in [1.29, 1.82) is 0 Å². The minimum absolute atomic E-state index is 0.319. The first-order valence-corrected chi connectivity index (χ1v) is 7.25. The normalized spacial score (nSPS) is 16.2. The molecule has 0 bridgehead atoms. The second kappa shape index (κ2) is 7.29. The quantitative estimate of drug-likeness (QED) is 0.731. The van der Waals surface area contributed by atoms with Crippen LogP contribution in [0.2, 0.25) is 0 Å². The fourth-order valence-electron chi connectivity index (χ4n) is 2.65. The van der Waals surface area contributed by atoms with E-state index >= 15 is 0 Å². The maximum atomic E-state index is 10.4. The molecule has 0 atom stereocenters. The van der Waals surface area contributed by atoms with Crippen LogP contribution in [0, 0.1) is 0 Å². The van der Waals surface area contributed by atoms with E-state index in [1.165, 1.54) is 25.1 Å². The Morgan fingerprint density at radius 2 is 1.79 bits per heavy atom. The second-order valence-corrected chi connectivity index (χ2v) is 5.43. The van der Waals surface area contributed by atoms with Crippen molar-refractivity contribution in [3.05, 3.63) is 35.9 Å². The van der Waals surface area contributed by atoms with Crippen molar-refractivity contribution >= 4 is 5.97 Å².